The number of para-hydroxylation sites is 1. The number of anilines is 1. The van der Waals surface area contributed by atoms with Crippen LogP contribution in [-0.2, 0) is 17.8 Å². The van der Waals surface area contributed by atoms with E-state index >= 15 is 0 Å². The summed E-state index contributed by atoms with van der Waals surface area (Å²) in [6.07, 6.45) is 0.712. The highest BCUT2D eigenvalue weighted by Crippen LogP contribution is 2.19. The Morgan fingerprint density at radius 2 is 1.68 bits per heavy atom. The Bertz CT molecular complexity index is 1250. The minimum absolute atomic E-state index is 0.0806. The number of amides is 1. The van der Waals surface area contributed by atoms with Crippen LogP contribution in [0.15, 0.2) is 88.8 Å². The van der Waals surface area contributed by atoms with Crippen LogP contribution in [0.25, 0.3) is 10.9 Å². The third kappa shape index (κ3) is 5.22. The van der Waals surface area contributed by atoms with Crippen LogP contribution in [0.1, 0.15) is 11.1 Å². The van der Waals surface area contributed by atoms with E-state index in [9.17, 15) is 9.59 Å². The van der Waals surface area contributed by atoms with Gasteiger partial charge in [-0.05, 0) is 43.2 Å². The van der Waals surface area contributed by atoms with E-state index in [-0.39, 0.29) is 17.2 Å². The van der Waals surface area contributed by atoms with Crippen LogP contribution >= 0.6 is 11.8 Å². The quantitative estimate of drug-likeness (QED) is 0.342. The van der Waals surface area contributed by atoms with Gasteiger partial charge in [-0.2, -0.15) is 0 Å². The monoisotopic (exact) mass is 429 g/mol. The largest absolute Gasteiger partial charge is 0.325 e. The first-order valence-electron chi connectivity index (χ1n) is 10.1. The molecule has 0 bridgehead atoms. The molecule has 31 heavy (non-hydrogen) atoms. The van der Waals surface area contributed by atoms with E-state index in [1.807, 2.05) is 79.7 Å². The summed E-state index contributed by atoms with van der Waals surface area (Å²) >= 11 is 1.28. The molecular formula is C25H23N3O2S. The van der Waals surface area contributed by atoms with Crippen LogP contribution in [0, 0.1) is 6.92 Å². The number of thioether (sulfide) groups is 1. The summed E-state index contributed by atoms with van der Waals surface area (Å²) in [5, 5.41) is 4.03. The zero-order valence-corrected chi connectivity index (χ0v) is 18.1. The number of aromatic nitrogens is 2. The molecule has 0 saturated heterocycles. The Balaban J connectivity index is 1.55. The van der Waals surface area contributed by atoms with Gasteiger partial charge in [-0.1, -0.05) is 71.9 Å². The average Bonchev–Trinajstić information content (AvgIpc) is 2.79. The summed E-state index contributed by atoms with van der Waals surface area (Å²) < 4.78 is 1.68. The van der Waals surface area contributed by atoms with E-state index in [4.69, 9.17) is 0 Å². The molecule has 4 aromatic rings. The Morgan fingerprint density at radius 1 is 0.968 bits per heavy atom. The summed E-state index contributed by atoms with van der Waals surface area (Å²) in [4.78, 5) is 30.3. The minimum Gasteiger partial charge on any atom is -0.325 e. The molecule has 0 radical (unpaired) electrons. The molecule has 0 aliphatic rings. The Kier molecular flexibility index (Phi) is 6.48. The van der Waals surface area contributed by atoms with Gasteiger partial charge in [-0.15, -0.1) is 0 Å². The van der Waals surface area contributed by atoms with Gasteiger partial charge >= 0.3 is 0 Å². The summed E-state index contributed by atoms with van der Waals surface area (Å²) in [6, 6.07) is 25.0. The first-order chi connectivity index (χ1) is 15.1. The molecule has 1 aromatic heterocycles. The lowest BCUT2D eigenvalue weighted by molar-refractivity contribution is -0.113. The van der Waals surface area contributed by atoms with Gasteiger partial charge in [0.05, 0.1) is 16.7 Å². The fraction of sp³-hybridized carbons (Fsp3) is 0.160. The maximum absolute atomic E-state index is 13.1. The van der Waals surface area contributed by atoms with Crippen molar-refractivity contribution in [3.05, 3.63) is 100 Å². The van der Waals surface area contributed by atoms with E-state index in [2.05, 4.69) is 10.3 Å². The second kappa shape index (κ2) is 9.62. The Labute approximate surface area is 185 Å². The van der Waals surface area contributed by atoms with Crippen LogP contribution in [0.3, 0.4) is 0 Å². The van der Waals surface area contributed by atoms with Crippen LogP contribution in [0.4, 0.5) is 5.69 Å². The molecule has 0 aliphatic heterocycles. The predicted molar refractivity (Wildman–Crippen MR) is 127 cm³/mol. The highest BCUT2D eigenvalue weighted by atomic mass is 32.2. The lowest BCUT2D eigenvalue weighted by Gasteiger charge is -2.13. The van der Waals surface area contributed by atoms with Crippen LogP contribution in [0.5, 0.6) is 0 Å². The van der Waals surface area contributed by atoms with Gasteiger partial charge in [0.25, 0.3) is 5.56 Å². The molecule has 1 N–H and O–H groups in total. The smallest absolute Gasteiger partial charge is 0.262 e. The summed E-state index contributed by atoms with van der Waals surface area (Å²) in [7, 11) is 0. The summed E-state index contributed by atoms with van der Waals surface area (Å²) in [6.45, 7) is 2.50. The number of fused-ring (bicyclic) bond motifs is 1. The van der Waals surface area contributed by atoms with Gasteiger partial charge in [-0.25, -0.2) is 4.98 Å². The predicted octanol–water partition coefficient (Wildman–Crippen LogP) is 4.68. The molecule has 6 heteroatoms. The molecular weight excluding hydrogens is 406 g/mol. The molecule has 0 spiro atoms. The number of nitrogens with zero attached hydrogens (tertiary/aromatic N) is 2. The zero-order chi connectivity index (χ0) is 21.6. The van der Waals surface area contributed by atoms with E-state index in [1.165, 1.54) is 11.8 Å². The number of hydrogen-bond acceptors (Lipinski definition) is 4. The number of carbonyl (C=O) groups excluding carboxylic acids is 1. The topological polar surface area (TPSA) is 64.0 Å². The first kappa shape index (κ1) is 20.9. The maximum Gasteiger partial charge on any atom is 0.262 e. The SMILES string of the molecule is Cc1ccc(NC(=O)CSc2nc3ccccc3c(=O)n2CCc2ccccc2)cc1. The fourth-order valence-corrected chi connectivity index (χ4v) is 4.13. The maximum atomic E-state index is 13.1. The molecule has 0 atom stereocenters. The molecule has 0 fully saturated rings. The molecule has 4 rings (SSSR count). The van der Waals surface area contributed by atoms with E-state index in [0.717, 1.165) is 16.8 Å². The number of aryl methyl sites for hydroxylation is 2. The van der Waals surface area contributed by atoms with Crippen LogP contribution in [-0.4, -0.2) is 21.2 Å². The third-order valence-corrected chi connectivity index (χ3v) is 5.94. The molecule has 156 valence electrons. The lowest BCUT2D eigenvalue weighted by atomic mass is 10.1. The second-order valence-corrected chi connectivity index (χ2v) is 8.25. The highest BCUT2D eigenvalue weighted by Gasteiger charge is 2.13. The number of benzene rings is 3. The van der Waals surface area contributed by atoms with Gasteiger partial charge in [0, 0.05) is 12.2 Å². The van der Waals surface area contributed by atoms with Crippen molar-refractivity contribution in [2.75, 3.05) is 11.1 Å². The van der Waals surface area contributed by atoms with Crippen molar-refractivity contribution < 1.29 is 4.79 Å². The van der Waals surface area contributed by atoms with Gasteiger partial charge in [0.1, 0.15) is 0 Å². The van der Waals surface area contributed by atoms with Crippen molar-refractivity contribution in [3.8, 4) is 0 Å². The minimum atomic E-state index is -0.133. The molecule has 3 aromatic carbocycles. The van der Waals surface area contributed by atoms with Crippen molar-refractivity contribution in [2.45, 2.75) is 25.0 Å². The standard InChI is InChI=1S/C25H23N3O2S/c1-18-11-13-20(14-12-18)26-23(29)17-31-25-27-22-10-6-5-9-21(22)24(30)28(25)16-15-19-7-3-2-4-8-19/h2-14H,15-17H2,1H3,(H,26,29). The van der Waals surface area contributed by atoms with Crippen molar-refractivity contribution in [1.82, 2.24) is 9.55 Å². The molecule has 0 saturated carbocycles. The Hall–Kier alpha value is -3.38. The van der Waals surface area contributed by atoms with Gasteiger partial charge in [0.15, 0.2) is 5.16 Å². The van der Waals surface area contributed by atoms with E-state index in [0.29, 0.717) is 29.0 Å². The molecule has 1 heterocycles. The number of carbonyl (C=O) groups is 1. The van der Waals surface area contributed by atoms with E-state index in [1.54, 1.807) is 10.6 Å². The van der Waals surface area contributed by atoms with Crippen molar-refractivity contribution in [2.24, 2.45) is 0 Å². The van der Waals surface area contributed by atoms with Crippen molar-refractivity contribution >= 4 is 34.3 Å². The second-order valence-electron chi connectivity index (χ2n) is 7.31. The molecule has 0 unspecified atom stereocenters. The van der Waals surface area contributed by atoms with Gasteiger partial charge < -0.3 is 5.32 Å². The molecule has 1 amide bonds. The first-order valence-corrected chi connectivity index (χ1v) is 11.1. The third-order valence-electron chi connectivity index (χ3n) is 4.96. The number of hydrogen-bond donors (Lipinski definition) is 1. The van der Waals surface area contributed by atoms with Crippen molar-refractivity contribution in [1.29, 1.82) is 0 Å². The van der Waals surface area contributed by atoms with Crippen LogP contribution in [0.2, 0.25) is 0 Å². The highest BCUT2D eigenvalue weighted by molar-refractivity contribution is 7.99. The van der Waals surface area contributed by atoms with Gasteiger partial charge in [0.2, 0.25) is 5.91 Å². The summed E-state index contributed by atoms with van der Waals surface area (Å²) in [5.74, 6) is 0.0372. The van der Waals surface area contributed by atoms with Gasteiger partial charge in [-0.3, -0.25) is 14.2 Å². The zero-order valence-electron chi connectivity index (χ0n) is 17.2. The van der Waals surface area contributed by atoms with Crippen LogP contribution < -0.4 is 10.9 Å². The summed E-state index contributed by atoms with van der Waals surface area (Å²) in [5.41, 5.74) is 3.60. The fourth-order valence-electron chi connectivity index (χ4n) is 3.30. The normalized spacial score (nSPS) is 10.9. The number of nitrogens with one attached hydrogen (secondary N) is 1. The average molecular weight is 430 g/mol. The van der Waals surface area contributed by atoms with E-state index < -0.39 is 0 Å². The lowest BCUT2D eigenvalue weighted by Crippen LogP contribution is -2.25. The molecule has 5 nitrogen and oxygen atoms in total. The van der Waals surface area contributed by atoms with Crippen molar-refractivity contribution in [3.63, 3.8) is 0 Å². The number of rotatable bonds is 7. The molecule has 0 aliphatic carbocycles. The Morgan fingerprint density at radius 3 is 2.45 bits per heavy atom.